The molecule has 0 radical (unpaired) electrons. The van der Waals surface area contributed by atoms with Gasteiger partial charge in [0, 0.05) is 44.3 Å². The van der Waals surface area contributed by atoms with Gasteiger partial charge in [0.1, 0.15) is 17.1 Å². The summed E-state index contributed by atoms with van der Waals surface area (Å²) in [6, 6.07) is 12.0. The van der Waals surface area contributed by atoms with E-state index in [9.17, 15) is 4.79 Å². The van der Waals surface area contributed by atoms with E-state index in [0.29, 0.717) is 18.8 Å². The third kappa shape index (κ3) is 3.10. The minimum atomic E-state index is 0.000680. The second-order valence-corrected chi connectivity index (χ2v) is 6.58. The van der Waals surface area contributed by atoms with Crippen LogP contribution in [0.2, 0.25) is 0 Å². The number of aryl methyl sites for hydroxylation is 1. The number of ether oxygens (including phenoxy) is 1. The van der Waals surface area contributed by atoms with Crippen molar-refractivity contribution in [2.75, 3.05) is 38.2 Å². The Bertz CT molecular complexity index is 925. The number of fused-ring (bicyclic) bond motifs is 1. The maximum Gasteiger partial charge on any atom is 0.274 e. The summed E-state index contributed by atoms with van der Waals surface area (Å²) in [6.45, 7) is 5.03. The fourth-order valence-corrected chi connectivity index (χ4v) is 3.33. The second-order valence-electron chi connectivity index (χ2n) is 6.58. The molecule has 26 heavy (non-hydrogen) atoms. The quantitative estimate of drug-likeness (QED) is 0.729. The maximum atomic E-state index is 12.8. The summed E-state index contributed by atoms with van der Waals surface area (Å²) in [5.74, 6) is 0.852. The molecule has 0 aliphatic carbocycles. The van der Waals surface area contributed by atoms with Gasteiger partial charge in [0.15, 0.2) is 0 Å². The Labute approximate surface area is 152 Å². The molecule has 3 heterocycles. The first-order valence-electron chi connectivity index (χ1n) is 8.78. The Kier molecular flexibility index (Phi) is 4.24. The minimum absolute atomic E-state index is 0.000680. The summed E-state index contributed by atoms with van der Waals surface area (Å²) in [5.41, 5.74) is 3.60. The summed E-state index contributed by atoms with van der Waals surface area (Å²) < 4.78 is 7.12. The number of hydrogen-bond donors (Lipinski definition) is 0. The van der Waals surface area contributed by atoms with Crippen molar-refractivity contribution >= 4 is 17.2 Å². The molecule has 1 fully saturated rings. The molecule has 0 unspecified atom stereocenters. The Morgan fingerprint density at radius 3 is 2.42 bits per heavy atom. The zero-order valence-corrected chi connectivity index (χ0v) is 15.1. The van der Waals surface area contributed by atoms with Crippen molar-refractivity contribution in [3.63, 3.8) is 0 Å². The van der Waals surface area contributed by atoms with Crippen molar-refractivity contribution in [3.8, 4) is 5.75 Å². The Morgan fingerprint density at radius 2 is 1.73 bits per heavy atom. The van der Waals surface area contributed by atoms with Gasteiger partial charge < -0.3 is 18.9 Å². The van der Waals surface area contributed by atoms with Gasteiger partial charge in [-0.3, -0.25) is 4.79 Å². The van der Waals surface area contributed by atoms with E-state index in [1.54, 1.807) is 7.11 Å². The first-order chi connectivity index (χ1) is 12.6. The number of methoxy groups -OCH3 is 1. The number of amides is 1. The van der Waals surface area contributed by atoms with E-state index in [-0.39, 0.29) is 5.91 Å². The van der Waals surface area contributed by atoms with Crippen LogP contribution < -0.4 is 9.64 Å². The smallest absolute Gasteiger partial charge is 0.274 e. The lowest BCUT2D eigenvalue weighted by atomic mass is 10.2. The molecule has 1 aliphatic heterocycles. The molecule has 1 amide bonds. The second kappa shape index (κ2) is 6.71. The van der Waals surface area contributed by atoms with E-state index in [1.165, 1.54) is 0 Å². The zero-order chi connectivity index (χ0) is 18.1. The van der Waals surface area contributed by atoms with Crippen LogP contribution in [0, 0.1) is 6.92 Å². The lowest BCUT2D eigenvalue weighted by Gasteiger charge is -2.35. The zero-order valence-electron chi connectivity index (χ0n) is 15.1. The topological polar surface area (TPSA) is 50.1 Å². The highest BCUT2D eigenvalue weighted by Crippen LogP contribution is 2.21. The molecule has 1 aliphatic rings. The van der Waals surface area contributed by atoms with E-state index < -0.39 is 0 Å². The molecule has 6 nitrogen and oxygen atoms in total. The number of carbonyl (C=O) groups excluding carboxylic acids is 1. The largest absolute Gasteiger partial charge is 0.497 e. The number of rotatable bonds is 3. The van der Waals surface area contributed by atoms with Crippen molar-refractivity contribution in [1.82, 2.24) is 14.3 Å². The molecule has 0 saturated carbocycles. The average molecular weight is 350 g/mol. The van der Waals surface area contributed by atoms with E-state index in [2.05, 4.69) is 22.0 Å². The van der Waals surface area contributed by atoms with Gasteiger partial charge in [-0.2, -0.15) is 0 Å². The maximum absolute atomic E-state index is 12.8. The van der Waals surface area contributed by atoms with Gasteiger partial charge in [-0.1, -0.05) is 6.07 Å². The van der Waals surface area contributed by atoms with Crippen molar-refractivity contribution in [2.45, 2.75) is 6.92 Å². The number of benzene rings is 1. The molecule has 3 aromatic rings. The molecule has 0 bridgehead atoms. The third-order valence-electron chi connectivity index (χ3n) is 4.82. The highest BCUT2D eigenvalue weighted by Gasteiger charge is 2.24. The molecule has 0 atom stereocenters. The monoisotopic (exact) mass is 350 g/mol. The predicted molar refractivity (Wildman–Crippen MR) is 101 cm³/mol. The van der Waals surface area contributed by atoms with Gasteiger partial charge in [0.05, 0.1) is 7.11 Å². The molecule has 134 valence electrons. The summed E-state index contributed by atoms with van der Waals surface area (Å²) in [7, 11) is 1.67. The van der Waals surface area contributed by atoms with Crippen molar-refractivity contribution in [3.05, 3.63) is 60.0 Å². The van der Waals surface area contributed by atoms with E-state index >= 15 is 0 Å². The van der Waals surface area contributed by atoms with Crippen LogP contribution in [0.1, 0.15) is 16.1 Å². The van der Waals surface area contributed by atoms with Crippen LogP contribution in [-0.4, -0.2) is 53.5 Å². The van der Waals surface area contributed by atoms with Crippen LogP contribution in [-0.2, 0) is 0 Å². The molecular formula is C20H22N4O2. The van der Waals surface area contributed by atoms with Crippen LogP contribution in [0.4, 0.5) is 5.69 Å². The van der Waals surface area contributed by atoms with E-state index in [1.807, 2.05) is 52.9 Å². The molecule has 4 rings (SSSR count). The normalized spacial score (nSPS) is 14.7. The Morgan fingerprint density at radius 1 is 1.00 bits per heavy atom. The fraction of sp³-hybridized carbons (Fsp3) is 0.300. The fourth-order valence-electron chi connectivity index (χ4n) is 3.33. The van der Waals surface area contributed by atoms with Gasteiger partial charge in [-0.05, 0) is 42.8 Å². The minimum Gasteiger partial charge on any atom is -0.497 e. The highest BCUT2D eigenvalue weighted by atomic mass is 16.5. The van der Waals surface area contributed by atoms with E-state index in [0.717, 1.165) is 35.7 Å². The average Bonchev–Trinajstić information content (AvgIpc) is 3.11. The van der Waals surface area contributed by atoms with Crippen molar-refractivity contribution in [2.24, 2.45) is 0 Å². The standard InChI is InChI=1S/C20H22N4O2/c1-15-3-8-19-21-18(14-24(19)13-15)20(25)23-11-9-22(10-12-23)16-4-6-17(26-2)7-5-16/h3-8,13-14H,9-12H2,1-2H3. The van der Waals surface area contributed by atoms with Gasteiger partial charge in [0.2, 0.25) is 0 Å². The van der Waals surface area contributed by atoms with Crippen LogP contribution in [0.3, 0.4) is 0 Å². The summed E-state index contributed by atoms with van der Waals surface area (Å²) >= 11 is 0. The van der Waals surface area contributed by atoms with Crippen LogP contribution in [0.15, 0.2) is 48.8 Å². The van der Waals surface area contributed by atoms with Gasteiger partial charge in [-0.25, -0.2) is 4.98 Å². The molecule has 6 heteroatoms. The summed E-state index contributed by atoms with van der Waals surface area (Å²) in [5, 5.41) is 0. The number of piperazine rings is 1. The molecule has 0 N–H and O–H groups in total. The third-order valence-corrected chi connectivity index (χ3v) is 4.82. The number of hydrogen-bond acceptors (Lipinski definition) is 4. The summed E-state index contributed by atoms with van der Waals surface area (Å²) in [4.78, 5) is 21.4. The first-order valence-corrected chi connectivity index (χ1v) is 8.78. The van der Waals surface area contributed by atoms with Gasteiger partial charge in [0.25, 0.3) is 5.91 Å². The number of imidazole rings is 1. The Hall–Kier alpha value is -3.02. The Balaban J connectivity index is 1.43. The number of aromatic nitrogens is 2. The van der Waals surface area contributed by atoms with Crippen LogP contribution in [0.5, 0.6) is 5.75 Å². The number of nitrogens with zero attached hydrogens (tertiary/aromatic N) is 4. The molecule has 2 aromatic heterocycles. The van der Waals surface area contributed by atoms with Crippen LogP contribution in [0.25, 0.3) is 5.65 Å². The van der Waals surface area contributed by atoms with E-state index in [4.69, 9.17) is 4.74 Å². The lowest BCUT2D eigenvalue weighted by molar-refractivity contribution is 0.0741. The molecule has 1 saturated heterocycles. The van der Waals surface area contributed by atoms with Gasteiger partial charge in [-0.15, -0.1) is 0 Å². The SMILES string of the molecule is COc1ccc(N2CCN(C(=O)c3cn4cc(C)ccc4n3)CC2)cc1. The van der Waals surface area contributed by atoms with Crippen molar-refractivity contribution < 1.29 is 9.53 Å². The number of pyridine rings is 1. The lowest BCUT2D eigenvalue weighted by Crippen LogP contribution is -2.48. The summed E-state index contributed by atoms with van der Waals surface area (Å²) in [6.07, 6.45) is 3.81. The molecule has 1 aromatic carbocycles. The first kappa shape index (κ1) is 16.4. The highest BCUT2D eigenvalue weighted by molar-refractivity contribution is 5.93. The number of anilines is 1. The molecule has 0 spiro atoms. The number of carbonyl (C=O) groups is 1. The molecular weight excluding hydrogens is 328 g/mol. The van der Waals surface area contributed by atoms with Crippen molar-refractivity contribution in [1.29, 1.82) is 0 Å². The van der Waals surface area contributed by atoms with Gasteiger partial charge >= 0.3 is 0 Å². The predicted octanol–water partition coefficient (Wildman–Crippen LogP) is 2.61. The van der Waals surface area contributed by atoms with Crippen LogP contribution >= 0.6 is 0 Å².